The Morgan fingerprint density at radius 2 is 2.22 bits per heavy atom. The molecule has 0 aliphatic carbocycles. The highest BCUT2D eigenvalue weighted by molar-refractivity contribution is 5.88. The number of pyridine rings is 1. The minimum Gasteiger partial charge on any atom is -0.496 e. The van der Waals surface area contributed by atoms with E-state index in [-0.39, 0.29) is 6.10 Å². The third kappa shape index (κ3) is 3.76. The molecule has 4 nitrogen and oxygen atoms in total. The molecular formula is C17H20F2N2O2. The molecule has 1 fully saturated rings. The van der Waals surface area contributed by atoms with Crippen LogP contribution in [0.15, 0.2) is 30.5 Å². The predicted molar refractivity (Wildman–Crippen MR) is 83.9 cm³/mol. The molecule has 1 aliphatic rings. The maximum absolute atomic E-state index is 12.3. The maximum atomic E-state index is 12.3. The summed E-state index contributed by atoms with van der Waals surface area (Å²) in [4.78, 5) is 6.54. The van der Waals surface area contributed by atoms with Gasteiger partial charge in [0.2, 0.25) is 0 Å². The van der Waals surface area contributed by atoms with E-state index in [0.717, 1.165) is 41.7 Å². The summed E-state index contributed by atoms with van der Waals surface area (Å²) >= 11 is 0. The van der Waals surface area contributed by atoms with E-state index in [1.807, 2.05) is 24.3 Å². The first-order chi connectivity index (χ1) is 11.2. The van der Waals surface area contributed by atoms with Crippen LogP contribution in [0.3, 0.4) is 0 Å². The van der Waals surface area contributed by atoms with Crippen LogP contribution >= 0.6 is 0 Å². The van der Waals surface area contributed by atoms with Gasteiger partial charge in [-0.25, -0.2) is 0 Å². The molecule has 1 atom stereocenters. The van der Waals surface area contributed by atoms with Gasteiger partial charge in [-0.1, -0.05) is 6.07 Å². The number of rotatable bonds is 6. The molecule has 1 saturated heterocycles. The molecule has 0 N–H and O–H groups in total. The number of halogens is 2. The largest absolute Gasteiger partial charge is 0.496 e. The van der Waals surface area contributed by atoms with E-state index in [2.05, 4.69) is 14.6 Å². The molecule has 23 heavy (non-hydrogen) atoms. The zero-order chi connectivity index (χ0) is 16.2. The SMILES string of the molecule is COc1cccc2nccc(CCN3CC[C@H](OC(F)F)C3)c12. The van der Waals surface area contributed by atoms with Crippen molar-refractivity contribution in [2.75, 3.05) is 26.7 Å². The van der Waals surface area contributed by atoms with Gasteiger partial charge < -0.3 is 14.4 Å². The Bertz CT molecular complexity index is 661. The van der Waals surface area contributed by atoms with E-state index in [9.17, 15) is 8.78 Å². The molecule has 124 valence electrons. The lowest BCUT2D eigenvalue weighted by molar-refractivity contribution is -0.158. The number of hydrogen-bond donors (Lipinski definition) is 0. The van der Waals surface area contributed by atoms with Gasteiger partial charge in [-0.05, 0) is 36.6 Å². The molecule has 3 rings (SSSR count). The first-order valence-electron chi connectivity index (χ1n) is 7.74. The minimum absolute atomic E-state index is 0.362. The fourth-order valence-electron chi connectivity index (χ4n) is 3.15. The van der Waals surface area contributed by atoms with E-state index < -0.39 is 6.61 Å². The van der Waals surface area contributed by atoms with E-state index >= 15 is 0 Å². The van der Waals surface area contributed by atoms with Crippen molar-refractivity contribution in [2.45, 2.75) is 25.6 Å². The van der Waals surface area contributed by atoms with Crippen molar-refractivity contribution < 1.29 is 18.3 Å². The van der Waals surface area contributed by atoms with Gasteiger partial charge in [-0.3, -0.25) is 4.98 Å². The molecule has 0 unspecified atom stereocenters. The average molecular weight is 322 g/mol. The lowest BCUT2D eigenvalue weighted by Gasteiger charge is -2.17. The summed E-state index contributed by atoms with van der Waals surface area (Å²) in [5, 5.41) is 1.03. The highest BCUT2D eigenvalue weighted by atomic mass is 19.3. The number of methoxy groups -OCH3 is 1. The first kappa shape index (κ1) is 16.1. The Hall–Kier alpha value is -1.79. The first-order valence-corrected chi connectivity index (χ1v) is 7.74. The Kier molecular flexibility index (Phi) is 5.03. The zero-order valence-electron chi connectivity index (χ0n) is 13.0. The topological polar surface area (TPSA) is 34.6 Å². The molecule has 1 aliphatic heterocycles. The Morgan fingerprint density at radius 1 is 1.35 bits per heavy atom. The maximum Gasteiger partial charge on any atom is 0.345 e. The number of fused-ring (bicyclic) bond motifs is 1. The van der Waals surface area contributed by atoms with Gasteiger partial charge >= 0.3 is 6.61 Å². The summed E-state index contributed by atoms with van der Waals surface area (Å²) in [5.74, 6) is 0.811. The average Bonchev–Trinajstić information content (AvgIpc) is 2.98. The van der Waals surface area contributed by atoms with Crippen LogP contribution in [0.2, 0.25) is 0 Å². The molecule has 0 saturated carbocycles. The Balaban J connectivity index is 1.68. The van der Waals surface area contributed by atoms with Crippen LogP contribution in [0.4, 0.5) is 8.78 Å². The van der Waals surface area contributed by atoms with Gasteiger partial charge in [0, 0.05) is 31.2 Å². The quantitative estimate of drug-likeness (QED) is 0.818. The highest BCUT2D eigenvalue weighted by Crippen LogP contribution is 2.28. The van der Waals surface area contributed by atoms with E-state index in [1.54, 1.807) is 13.3 Å². The summed E-state index contributed by atoms with van der Waals surface area (Å²) in [7, 11) is 1.65. The molecule has 0 spiro atoms. The second kappa shape index (κ2) is 7.19. The standard InChI is InChI=1S/C17H20F2N2O2/c1-22-15-4-2-3-14-16(15)12(5-8-20-14)6-9-21-10-7-13(11-21)23-17(18)19/h2-5,8,13,17H,6-7,9-11H2,1H3/t13-/m0/s1. The number of aromatic nitrogens is 1. The van der Waals surface area contributed by atoms with Gasteiger partial charge in [-0.15, -0.1) is 0 Å². The lowest BCUT2D eigenvalue weighted by Crippen LogP contribution is -2.26. The summed E-state index contributed by atoms with van der Waals surface area (Å²) in [5.41, 5.74) is 2.06. The van der Waals surface area contributed by atoms with Crippen LogP contribution in [-0.4, -0.2) is 49.3 Å². The van der Waals surface area contributed by atoms with Gasteiger partial charge in [0.25, 0.3) is 0 Å². The zero-order valence-corrected chi connectivity index (χ0v) is 13.0. The van der Waals surface area contributed by atoms with Crippen molar-refractivity contribution in [2.24, 2.45) is 0 Å². The predicted octanol–water partition coefficient (Wildman–Crippen LogP) is 3.10. The van der Waals surface area contributed by atoms with Crippen molar-refractivity contribution in [3.8, 4) is 5.75 Å². The molecule has 0 radical (unpaired) electrons. The third-order valence-corrected chi connectivity index (χ3v) is 4.26. The summed E-state index contributed by atoms with van der Waals surface area (Å²) in [6.07, 6.45) is 2.91. The van der Waals surface area contributed by atoms with Crippen LogP contribution < -0.4 is 4.74 Å². The van der Waals surface area contributed by atoms with Gasteiger partial charge in [-0.2, -0.15) is 8.78 Å². The molecule has 1 aromatic heterocycles. The Morgan fingerprint density at radius 3 is 3.00 bits per heavy atom. The van der Waals surface area contributed by atoms with Crippen LogP contribution in [0.5, 0.6) is 5.75 Å². The Labute approximate surface area is 134 Å². The number of likely N-dealkylation sites (tertiary alicyclic amines) is 1. The summed E-state index contributed by atoms with van der Waals surface area (Å²) in [6.45, 7) is -0.532. The van der Waals surface area contributed by atoms with Gasteiger partial charge in [0.1, 0.15) is 5.75 Å². The highest BCUT2D eigenvalue weighted by Gasteiger charge is 2.25. The van der Waals surface area contributed by atoms with Crippen LogP contribution in [0.1, 0.15) is 12.0 Å². The molecular weight excluding hydrogens is 302 g/mol. The van der Waals surface area contributed by atoms with Crippen LogP contribution in [-0.2, 0) is 11.2 Å². The molecule has 2 heterocycles. The molecule has 0 amide bonds. The van der Waals surface area contributed by atoms with E-state index in [4.69, 9.17) is 4.74 Å². The summed E-state index contributed by atoms with van der Waals surface area (Å²) < 4.78 is 34.6. The molecule has 2 aromatic rings. The summed E-state index contributed by atoms with van der Waals surface area (Å²) in [6, 6.07) is 7.80. The number of alkyl halides is 2. The second-order valence-electron chi connectivity index (χ2n) is 5.68. The number of ether oxygens (including phenoxy) is 2. The molecule has 1 aromatic carbocycles. The van der Waals surface area contributed by atoms with Crippen molar-refractivity contribution in [3.05, 3.63) is 36.0 Å². The van der Waals surface area contributed by atoms with Gasteiger partial charge in [0.15, 0.2) is 0 Å². The molecule has 6 heteroatoms. The van der Waals surface area contributed by atoms with E-state index in [1.165, 1.54) is 0 Å². The number of hydrogen-bond acceptors (Lipinski definition) is 4. The van der Waals surface area contributed by atoms with Crippen molar-refractivity contribution >= 4 is 10.9 Å². The van der Waals surface area contributed by atoms with Crippen molar-refractivity contribution in [3.63, 3.8) is 0 Å². The third-order valence-electron chi connectivity index (χ3n) is 4.26. The fourth-order valence-corrected chi connectivity index (χ4v) is 3.15. The second-order valence-corrected chi connectivity index (χ2v) is 5.68. The number of benzene rings is 1. The van der Waals surface area contributed by atoms with Crippen molar-refractivity contribution in [1.29, 1.82) is 0 Å². The van der Waals surface area contributed by atoms with E-state index in [0.29, 0.717) is 13.0 Å². The van der Waals surface area contributed by atoms with Crippen molar-refractivity contribution in [1.82, 2.24) is 9.88 Å². The smallest absolute Gasteiger partial charge is 0.345 e. The lowest BCUT2D eigenvalue weighted by atomic mass is 10.1. The normalized spacial score (nSPS) is 18.9. The molecule has 0 bridgehead atoms. The van der Waals surface area contributed by atoms with Crippen LogP contribution in [0, 0.1) is 0 Å². The monoisotopic (exact) mass is 322 g/mol. The van der Waals surface area contributed by atoms with Gasteiger partial charge in [0.05, 0.1) is 18.7 Å². The number of nitrogens with zero attached hydrogens (tertiary/aromatic N) is 2. The minimum atomic E-state index is -2.69. The van der Waals surface area contributed by atoms with Crippen LogP contribution in [0.25, 0.3) is 10.9 Å². The fraction of sp³-hybridized carbons (Fsp3) is 0.471.